The van der Waals surface area contributed by atoms with Crippen LogP contribution in [0.4, 0.5) is 0 Å². The van der Waals surface area contributed by atoms with Gasteiger partial charge in [-0.3, -0.25) is 25.4 Å². The van der Waals surface area contributed by atoms with Gasteiger partial charge in [0.05, 0.1) is 12.6 Å². The molecule has 0 saturated heterocycles. The predicted octanol–water partition coefficient (Wildman–Crippen LogP) is 1.13. The normalized spacial score (nSPS) is 9.85. The molecule has 0 atom stereocenters. The number of aromatic nitrogens is 2. The third-order valence-electron chi connectivity index (χ3n) is 2.42. The van der Waals surface area contributed by atoms with Crippen LogP contribution in [0.1, 0.15) is 16.1 Å². The lowest BCUT2D eigenvalue weighted by Gasteiger charge is -2.07. The summed E-state index contributed by atoms with van der Waals surface area (Å²) in [6.07, 6.45) is 4.21. The van der Waals surface area contributed by atoms with Crippen LogP contribution in [-0.2, 0) is 11.2 Å². The van der Waals surface area contributed by atoms with Crippen molar-refractivity contribution in [1.82, 2.24) is 20.8 Å². The molecule has 0 spiro atoms. The first kappa shape index (κ1) is 14.0. The van der Waals surface area contributed by atoms with Crippen LogP contribution in [0.15, 0.2) is 42.9 Å². The van der Waals surface area contributed by atoms with Gasteiger partial charge in [0, 0.05) is 17.4 Å². The number of carbonyl (C=O) groups is 2. The highest BCUT2D eigenvalue weighted by atomic mass is 35.5. The number of halogens is 1. The molecule has 7 heteroatoms. The summed E-state index contributed by atoms with van der Waals surface area (Å²) in [6.45, 7) is 0. The molecule has 0 saturated carbocycles. The van der Waals surface area contributed by atoms with Crippen LogP contribution in [0.5, 0.6) is 0 Å². The standard InChI is InChI=1S/C13H11ClN4O2/c14-10-4-2-1-3-9(10)7-12(19)17-18-13(20)11-8-15-5-6-16-11/h1-6,8H,7H2,(H,17,19)(H,18,20). The Labute approximate surface area is 120 Å². The topological polar surface area (TPSA) is 84.0 Å². The third-order valence-corrected chi connectivity index (χ3v) is 2.79. The highest BCUT2D eigenvalue weighted by Gasteiger charge is 2.10. The van der Waals surface area contributed by atoms with E-state index in [4.69, 9.17) is 11.6 Å². The van der Waals surface area contributed by atoms with Crippen molar-refractivity contribution in [3.63, 3.8) is 0 Å². The van der Waals surface area contributed by atoms with Crippen LogP contribution in [-0.4, -0.2) is 21.8 Å². The molecule has 2 amide bonds. The Bertz CT molecular complexity index is 619. The molecule has 102 valence electrons. The van der Waals surface area contributed by atoms with Crippen molar-refractivity contribution in [1.29, 1.82) is 0 Å². The van der Waals surface area contributed by atoms with E-state index in [0.29, 0.717) is 10.6 Å². The Balaban J connectivity index is 1.87. The number of amides is 2. The zero-order valence-corrected chi connectivity index (χ0v) is 11.1. The van der Waals surface area contributed by atoms with Crippen LogP contribution >= 0.6 is 11.6 Å². The van der Waals surface area contributed by atoms with Gasteiger partial charge in [-0.15, -0.1) is 0 Å². The molecule has 20 heavy (non-hydrogen) atoms. The van der Waals surface area contributed by atoms with Crippen molar-refractivity contribution in [2.24, 2.45) is 0 Å². The molecule has 0 aliphatic heterocycles. The lowest BCUT2D eigenvalue weighted by Crippen LogP contribution is -2.42. The maximum atomic E-state index is 11.7. The molecule has 2 N–H and O–H groups in total. The summed E-state index contributed by atoms with van der Waals surface area (Å²) in [5, 5.41) is 0.503. The highest BCUT2D eigenvalue weighted by Crippen LogP contribution is 2.14. The van der Waals surface area contributed by atoms with E-state index in [1.165, 1.54) is 18.6 Å². The van der Waals surface area contributed by atoms with E-state index in [1.54, 1.807) is 24.3 Å². The Morgan fingerprint density at radius 3 is 2.65 bits per heavy atom. The number of rotatable bonds is 3. The average Bonchev–Trinajstić information content (AvgIpc) is 2.48. The molecule has 0 fully saturated rings. The van der Waals surface area contributed by atoms with Gasteiger partial charge in [-0.1, -0.05) is 29.8 Å². The summed E-state index contributed by atoms with van der Waals surface area (Å²) < 4.78 is 0. The third kappa shape index (κ3) is 3.76. The Morgan fingerprint density at radius 1 is 1.15 bits per heavy atom. The Kier molecular flexibility index (Phi) is 4.62. The molecule has 0 aliphatic rings. The van der Waals surface area contributed by atoms with Gasteiger partial charge in [0.25, 0.3) is 5.91 Å². The number of hydrogen-bond donors (Lipinski definition) is 2. The lowest BCUT2D eigenvalue weighted by molar-refractivity contribution is -0.121. The average molecular weight is 291 g/mol. The van der Waals surface area contributed by atoms with E-state index < -0.39 is 5.91 Å². The maximum absolute atomic E-state index is 11.7. The highest BCUT2D eigenvalue weighted by molar-refractivity contribution is 6.31. The number of hydrogen-bond acceptors (Lipinski definition) is 4. The summed E-state index contributed by atoms with van der Waals surface area (Å²) in [7, 11) is 0. The van der Waals surface area contributed by atoms with Gasteiger partial charge in [-0.2, -0.15) is 0 Å². The second kappa shape index (κ2) is 6.63. The smallest absolute Gasteiger partial charge is 0.273 e. The van der Waals surface area contributed by atoms with Crippen molar-refractivity contribution in [3.8, 4) is 0 Å². The number of carbonyl (C=O) groups excluding carboxylic acids is 2. The lowest BCUT2D eigenvalue weighted by atomic mass is 10.1. The summed E-state index contributed by atoms with van der Waals surface area (Å²) in [5.41, 5.74) is 5.34. The van der Waals surface area contributed by atoms with Crippen LogP contribution in [0, 0.1) is 0 Å². The molecular formula is C13H11ClN4O2. The number of hydrazine groups is 1. The van der Waals surface area contributed by atoms with Crippen molar-refractivity contribution < 1.29 is 9.59 Å². The summed E-state index contributed by atoms with van der Waals surface area (Å²) in [4.78, 5) is 30.9. The molecule has 0 unspecified atom stereocenters. The fourth-order valence-electron chi connectivity index (χ4n) is 1.47. The van der Waals surface area contributed by atoms with E-state index in [0.717, 1.165) is 0 Å². The van der Waals surface area contributed by atoms with Gasteiger partial charge < -0.3 is 0 Å². The van der Waals surface area contributed by atoms with Crippen LogP contribution < -0.4 is 10.9 Å². The molecule has 6 nitrogen and oxygen atoms in total. The minimum Gasteiger partial charge on any atom is -0.273 e. The van der Waals surface area contributed by atoms with Gasteiger partial charge in [0.2, 0.25) is 5.91 Å². The number of benzene rings is 1. The number of nitrogens with one attached hydrogen (secondary N) is 2. The molecule has 0 aliphatic carbocycles. The van der Waals surface area contributed by atoms with Gasteiger partial charge in [0.1, 0.15) is 5.69 Å². The Morgan fingerprint density at radius 2 is 1.95 bits per heavy atom. The second-order valence-corrected chi connectivity index (χ2v) is 4.27. The van der Waals surface area contributed by atoms with E-state index in [1.807, 2.05) is 0 Å². The molecule has 0 bridgehead atoms. The first-order chi connectivity index (χ1) is 9.66. The van der Waals surface area contributed by atoms with E-state index in [-0.39, 0.29) is 18.0 Å². The first-order valence-electron chi connectivity index (χ1n) is 5.75. The molecule has 1 aromatic heterocycles. The molecule has 2 rings (SSSR count). The fraction of sp³-hybridized carbons (Fsp3) is 0.0769. The van der Waals surface area contributed by atoms with Crippen LogP contribution in [0.2, 0.25) is 5.02 Å². The number of nitrogens with zero attached hydrogens (tertiary/aromatic N) is 2. The molecule has 1 aromatic carbocycles. The predicted molar refractivity (Wildman–Crippen MR) is 72.8 cm³/mol. The monoisotopic (exact) mass is 290 g/mol. The molecule has 1 heterocycles. The summed E-state index contributed by atoms with van der Waals surface area (Å²) in [6, 6.07) is 7.00. The SMILES string of the molecule is O=C(Cc1ccccc1Cl)NNC(=O)c1cnccn1. The largest absolute Gasteiger partial charge is 0.289 e. The first-order valence-corrected chi connectivity index (χ1v) is 6.13. The quantitative estimate of drug-likeness (QED) is 0.830. The van der Waals surface area contributed by atoms with Crippen molar-refractivity contribution in [2.75, 3.05) is 0 Å². The zero-order chi connectivity index (χ0) is 14.4. The van der Waals surface area contributed by atoms with Gasteiger partial charge in [-0.25, -0.2) is 4.98 Å². The second-order valence-electron chi connectivity index (χ2n) is 3.86. The Hall–Kier alpha value is -2.47. The fourth-order valence-corrected chi connectivity index (χ4v) is 1.67. The summed E-state index contributed by atoms with van der Waals surface area (Å²) in [5.74, 6) is -0.916. The summed E-state index contributed by atoms with van der Waals surface area (Å²) >= 11 is 5.94. The van der Waals surface area contributed by atoms with E-state index in [9.17, 15) is 9.59 Å². The van der Waals surface area contributed by atoms with Gasteiger partial charge in [-0.05, 0) is 11.6 Å². The minimum atomic E-state index is -0.536. The molecular weight excluding hydrogens is 280 g/mol. The van der Waals surface area contributed by atoms with Crippen molar-refractivity contribution in [2.45, 2.75) is 6.42 Å². The minimum absolute atomic E-state index is 0.0699. The van der Waals surface area contributed by atoms with Crippen LogP contribution in [0.25, 0.3) is 0 Å². The van der Waals surface area contributed by atoms with Gasteiger partial charge >= 0.3 is 0 Å². The van der Waals surface area contributed by atoms with E-state index >= 15 is 0 Å². The molecule has 2 aromatic rings. The van der Waals surface area contributed by atoms with Crippen LogP contribution in [0.3, 0.4) is 0 Å². The van der Waals surface area contributed by atoms with E-state index in [2.05, 4.69) is 20.8 Å². The van der Waals surface area contributed by atoms with Crippen molar-refractivity contribution >= 4 is 23.4 Å². The molecule has 0 radical (unpaired) electrons. The van der Waals surface area contributed by atoms with Crippen molar-refractivity contribution in [3.05, 3.63) is 59.1 Å². The van der Waals surface area contributed by atoms with Gasteiger partial charge in [0.15, 0.2) is 0 Å². The zero-order valence-electron chi connectivity index (χ0n) is 10.3. The maximum Gasteiger partial charge on any atom is 0.289 e.